The van der Waals surface area contributed by atoms with Crippen LogP contribution in [0.3, 0.4) is 0 Å². The molecule has 3 rings (SSSR count). The van der Waals surface area contributed by atoms with Crippen LogP contribution in [0.5, 0.6) is 0 Å². The van der Waals surface area contributed by atoms with Crippen LogP contribution in [-0.2, 0) is 27.3 Å². The number of carbonyl (C=O) groups is 2. The minimum atomic E-state index is -0.953. The Kier molecular flexibility index (Phi) is 8.86. The number of hydrogen-bond donors (Lipinski definition) is 6. The molecular formula is C20H26N6O8S. The number of hydrogen-bond acceptors (Lipinski definition) is 9. The highest BCUT2D eigenvalue weighted by atomic mass is 32.1. The quantitative estimate of drug-likeness (QED) is 0.145. The van der Waals surface area contributed by atoms with Crippen LogP contribution in [0.15, 0.2) is 32.8 Å². The molecule has 0 aliphatic carbocycles. The molecule has 15 heteroatoms. The summed E-state index contributed by atoms with van der Waals surface area (Å²) in [6.45, 7) is -0.370. The molecule has 1 aliphatic heterocycles. The Morgan fingerprint density at radius 1 is 1.14 bits per heavy atom. The standard InChI is InChI=1S/C20H26N6O8S/c27-10-13-12(28)7-17(34-13)26-8-11(18(31)24-20(26)33)1-2-14(29)21-4-5-22-15(30)9-25-6-3-16(35)23-19(25)32/h3,6,8,12-13,17,27-28H,1-2,4-5,7,9-10H2,(H,21,29)(H,22,30)(H,23,32,35)(H,24,31,33)/t12-,13+,17+/m0/s1. The number of aryl methyl sites for hydroxylation is 1. The topological polar surface area (TPSA) is 201 Å². The molecule has 2 aromatic heterocycles. The van der Waals surface area contributed by atoms with Crippen LogP contribution in [0, 0.1) is 4.64 Å². The van der Waals surface area contributed by atoms with Crippen LogP contribution in [0.25, 0.3) is 0 Å². The summed E-state index contributed by atoms with van der Waals surface area (Å²) in [5.74, 6) is -0.806. The molecule has 0 bridgehead atoms. The normalized spacial score (nSPS) is 19.4. The summed E-state index contributed by atoms with van der Waals surface area (Å²) in [4.78, 5) is 64.6. The highest BCUT2D eigenvalue weighted by Gasteiger charge is 2.35. The smallest absolute Gasteiger partial charge is 0.330 e. The summed E-state index contributed by atoms with van der Waals surface area (Å²) in [6.07, 6.45) is 0.0838. The fraction of sp³-hybridized carbons (Fsp3) is 0.500. The Morgan fingerprint density at radius 2 is 1.86 bits per heavy atom. The maximum atomic E-state index is 12.1. The molecule has 1 saturated heterocycles. The second kappa shape index (κ2) is 11.8. The lowest BCUT2D eigenvalue weighted by Gasteiger charge is -2.15. The average molecular weight is 511 g/mol. The predicted octanol–water partition coefficient (Wildman–Crippen LogP) is -2.74. The summed E-state index contributed by atoms with van der Waals surface area (Å²) in [7, 11) is 0. The first-order chi connectivity index (χ1) is 16.7. The third-order valence-corrected chi connectivity index (χ3v) is 5.58. The fourth-order valence-electron chi connectivity index (χ4n) is 3.49. The van der Waals surface area contributed by atoms with Crippen LogP contribution in [0.4, 0.5) is 0 Å². The number of aromatic amines is 2. The van der Waals surface area contributed by atoms with Gasteiger partial charge in [-0.3, -0.25) is 33.5 Å². The number of carbonyl (C=O) groups excluding carboxylic acids is 2. The molecule has 190 valence electrons. The monoisotopic (exact) mass is 510 g/mol. The summed E-state index contributed by atoms with van der Waals surface area (Å²) < 4.78 is 7.98. The van der Waals surface area contributed by atoms with Crippen molar-refractivity contribution in [2.75, 3.05) is 19.7 Å². The molecule has 0 radical (unpaired) electrons. The van der Waals surface area contributed by atoms with E-state index in [2.05, 4.69) is 20.6 Å². The van der Waals surface area contributed by atoms with Gasteiger partial charge in [-0.05, 0) is 12.5 Å². The molecule has 1 aliphatic rings. The van der Waals surface area contributed by atoms with Crippen LogP contribution in [0.2, 0.25) is 0 Å². The van der Waals surface area contributed by atoms with E-state index < -0.39 is 47.9 Å². The van der Waals surface area contributed by atoms with Crippen LogP contribution < -0.4 is 27.6 Å². The van der Waals surface area contributed by atoms with Gasteiger partial charge in [-0.1, -0.05) is 12.2 Å². The highest BCUT2D eigenvalue weighted by molar-refractivity contribution is 7.71. The first-order valence-corrected chi connectivity index (χ1v) is 11.2. The first kappa shape index (κ1) is 26.2. The van der Waals surface area contributed by atoms with Crippen LogP contribution in [0.1, 0.15) is 24.6 Å². The largest absolute Gasteiger partial charge is 0.394 e. The SMILES string of the molecule is O=C(CCc1cn([C@H]2C[C@H](O)[C@@H](CO)O2)c(=O)[nH]c1=O)NCCNC(=O)Cn1ccc(=S)[nH]c1=O. The summed E-state index contributed by atoms with van der Waals surface area (Å²) in [5, 5.41) is 24.2. The molecule has 3 atom stereocenters. The van der Waals surface area contributed by atoms with Gasteiger partial charge in [0.05, 0.1) is 12.7 Å². The molecule has 0 saturated carbocycles. The number of aromatic nitrogens is 4. The van der Waals surface area contributed by atoms with E-state index in [1.54, 1.807) is 0 Å². The van der Waals surface area contributed by atoms with Crippen molar-refractivity contribution in [1.29, 1.82) is 0 Å². The third-order valence-electron chi connectivity index (χ3n) is 5.34. The zero-order chi connectivity index (χ0) is 25.5. The maximum Gasteiger partial charge on any atom is 0.330 e. The van der Waals surface area contributed by atoms with Gasteiger partial charge >= 0.3 is 11.4 Å². The summed E-state index contributed by atoms with van der Waals surface area (Å²) in [5.41, 5.74) is -1.70. The van der Waals surface area contributed by atoms with E-state index in [0.29, 0.717) is 0 Å². The van der Waals surface area contributed by atoms with Crippen LogP contribution in [-0.4, -0.2) is 73.0 Å². The lowest BCUT2D eigenvalue weighted by atomic mass is 10.1. The number of nitrogens with one attached hydrogen (secondary N) is 4. The lowest BCUT2D eigenvalue weighted by molar-refractivity contribution is -0.123. The Hall–Kier alpha value is -3.40. The molecule has 0 spiro atoms. The van der Waals surface area contributed by atoms with E-state index in [1.807, 2.05) is 0 Å². The fourth-order valence-corrected chi connectivity index (χ4v) is 3.64. The molecule has 35 heavy (non-hydrogen) atoms. The number of nitrogens with zero attached hydrogens (tertiary/aromatic N) is 2. The van der Waals surface area contributed by atoms with E-state index in [0.717, 1.165) is 9.13 Å². The van der Waals surface area contributed by atoms with Gasteiger partial charge in [-0.2, -0.15) is 0 Å². The average Bonchev–Trinajstić information content (AvgIpc) is 3.18. The molecule has 0 aromatic carbocycles. The molecule has 6 N–H and O–H groups in total. The number of aliphatic hydroxyl groups is 2. The van der Waals surface area contributed by atoms with Gasteiger partial charge in [0.2, 0.25) is 11.8 Å². The second-order valence-corrected chi connectivity index (χ2v) is 8.31. The molecule has 3 heterocycles. The van der Waals surface area contributed by atoms with Crippen molar-refractivity contribution in [3.63, 3.8) is 0 Å². The summed E-state index contributed by atoms with van der Waals surface area (Å²) >= 11 is 4.83. The van der Waals surface area contributed by atoms with Gasteiger partial charge in [0.25, 0.3) is 5.56 Å². The molecule has 0 unspecified atom stereocenters. The van der Waals surface area contributed by atoms with Gasteiger partial charge in [-0.15, -0.1) is 0 Å². The van der Waals surface area contributed by atoms with E-state index in [4.69, 9.17) is 17.0 Å². The predicted molar refractivity (Wildman–Crippen MR) is 123 cm³/mol. The third kappa shape index (κ3) is 7.05. The molecular weight excluding hydrogens is 484 g/mol. The lowest BCUT2D eigenvalue weighted by Crippen LogP contribution is -2.38. The van der Waals surface area contributed by atoms with Crippen molar-refractivity contribution in [1.82, 2.24) is 29.7 Å². The molecule has 2 aromatic rings. The number of amides is 2. The molecule has 2 amide bonds. The number of ether oxygens (including phenoxy) is 1. The highest BCUT2D eigenvalue weighted by Crippen LogP contribution is 2.27. The molecule has 1 fully saturated rings. The zero-order valence-electron chi connectivity index (χ0n) is 18.6. The van der Waals surface area contributed by atoms with Gasteiger partial charge in [0.1, 0.15) is 23.5 Å². The van der Waals surface area contributed by atoms with Gasteiger partial charge < -0.3 is 25.6 Å². The minimum Gasteiger partial charge on any atom is -0.394 e. The number of aliphatic hydroxyl groups excluding tert-OH is 2. The maximum absolute atomic E-state index is 12.1. The number of H-pyrrole nitrogens is 2. The van der Waals surface area contributed by atoms with E-state index in [9.17, 15) is 34.2 Å². The van der Waals surface area contributed by atoms with E-state index in [-0.39, 0.29) is 55.0 Å². The van der Waals surface area contributed by atoms with Crippen molar-refractivity contribution in [2.24, 2.45) is 0 Å². The van der Waals surface area contributed by atoms with Crippen molar-refractivity contribution >= 4 is 24.0 Å². The Labute approximate surface area is 202 Å². The van der Waals surface area contributed by atoms with E-state index >= 15 is 0 Å². The van der Waals surface area contributed by atoms with E-state index in [1.165, 1.54) is 18.5 Å². The second-order valence-electron chi connectivity index (χ2n) is 7.87. The van der Waals surface area contributed by atoms with Gasteiger partial charge in [0, 0.05) is 43.9 Å². The van der Waals surface area contributed by atoms with Crippen molar-refractivity contribution in [2.45, 2.75) is 44.2 Å². The Bertz CT molecular complexity index is 1300. The van der Waals surface area contributed by atoms with Crippen LogP contribution >= 0.6 is 12.2 Å². The minimum absolute atomic E-state index is 0.0325. The Balaban J connectivity index is 1.45. The van der Waals surface area contributed by atoms with Crippen molar-refractivity contribution in [3.05, 3.63) is 60.0 Å². The number of rotatable bonds is 10. The first-order valence-electron chi connectivity index (χ1n) is 10.8. The van der Waals surface area contributed by atoms with Gasteiger partial charge in [-0.25, -0.2) is 9.59 Å². The Morgan fingerprint density at radius 3 is 2.51 bits per heavy atom. The van der Waals surface area contributed by atoms with Crippen molar-refractivity contribution in [3.8, 4) is 0 Å². The van der Waals surface area contributed by atoms with Gasteiger partial charge in [0.15, 0.2) is 0 Å². The zero-order valence-corrected chi connectivity index (χ0v) is 19.4. The summed E-state index contributed by atoms with van der Waals surface area (Å²) in [6, 6.07) is 1.48. The van der Waals surface area contributed by atoms with Crippen molar-refractivity contribution < 1.29 is 24.5 Å². The molecule has 14 nitrogen and oxygen atoms in total.